The molecule has 2 aromatic rings. The van der Waals surface area contributed by atoms with Crippen molar-refractivity contribution in [3.05, 3.63) is 29.3 Å². The molecule has 27 heavy (non-hydrogen) atoms. The fourth-order valence-electron chi connectivity index (χ4n) is 3.73. The topological polar surface area (TPSA) is 66.9 Å². The average molecular weight is 390 g/mol. The number of aliphatic hydroxyl groups is 1. The van der Waals surface area contributed by atoms with Crippen molar-refractivity contribution in [3.63, 3.8) is 0 Å². The molecule has 2 aliphatic heterocycles. The molecule has 0 amide bonds. The van der Waals surface area contributed by atoms with Crippen LogP contribution in [0.25, 0.3) is 10.6 Å². The molecule has 0 spiro atoms. The number of ether oxygens (including phenoxy) is 2. The Hall–Kier alpha value is -1.67. The van der Waals surface area contributed by atoms with Gasteiger partial charge in [0.25, 0.3) is 0 Å². The van der Waals surface area contributed by atoms with Gasteiger partial charge in [-0.2, -0.15) is 0 Å². The lowest BCUT2D eigenvalue weighted by atomic mass is 10.2. The van der Waals surface area contributed by atoms with Crippen molar-refractivity contribution < 1.29 is 14.6 Å². The largest absolute Gasteiger partial charge is 0.454 e. The normalized spacial score (nSPS) is 19.1. The molecular weight excluding hydrogens is 362 g/mol. The van der Waals surface area contributed by atoms with Crippen molar-refractivity contribution in [2.24, 2.45) is 0 Å². The maximum atomic E-state index is 9.36. The number of hydrogen-bond donors (Lipinski definition) is 2. The van der Waals surface area contributed by atoms with E-state index in [0.29, 0.717) is 19.4 Å². The second-order valence-corrected chi connectivity index (χ2v) is 7.97. The van der Waals surface area contributed by atoms with Crippen LogP contribution in [0.5, 0.6) is 11.5 Å². The first-order valence-corrected chi connectivity index (χ1v) is 10.6. The van der Waals surface area contributed by atoms with Crippen molar-refractivity contribution in [2.45, 2.75) is 38.3 Å². The predicted molar refractivity (Wildman–Crippen MR) is 106 cm³/mol. The molecule has 146 valence electrons. The third-order valence-electron chi connectivity index (χ3n) is 5.24. The predicted octanol–water partition coefficient (Wildman–Crippen LogP) is 2.87. The first-order chi connectivity index (χ1) is 13.3. The third kappa shape index (κ3) is 4.60. The minimum absolute atomic E-state index is 0.296. The number of unbranched alkanes of at least 4 members (excludes halogenated alkanes) is 1. The van der Waals surface area contributed by atoms with Crippen LogP contribution in [0.4, 0.5) is 0 Å². The quantitative estimate of drug-likeness (QED) is 0.643. The molecule has 1 aromatic heterocycles. The summed E-state index contributed by atoms with van der Waals surface area (Å²) in [5.41, 5.74) is 2.15. The summed E-state index contributed by atoms with van der Waals surface area (Å²) in [5.74, 6) is 1.60. The molecule has 2 aliphatic rings. The zero-order valence-electron chi connectivity index (χ0n) is 15.5. The van der Waals surface area contributed by atoms with Crippen molar-refractivity contribution >= 4 is 11.3 Å². The molecule has 1 aromatic carbocycles. The molecule has 1 unspecified atom stereocenters. The number of hydrogen-bond acceptors (Lipinski definition) is 7. The summed E-state index contributed by atoms with van der Waals surface area (Å²) >= 11 is 1.66. The summed E-state index contributed by atoms with van der Waals surface area (Å²) in [6.07, 6.45) is 4.68. The van der Waals surface area contributed by atoms with Gasteiger partial charge in [-0.15, -0.1) is 11.3 Å². The summed E-state index contributed by atoms with van der Waals surface area (Å²) in [6, 6.07) is 6.36. The number of fused-ring (bicyclic) bond motifs is 1. The van der Waals surface area contributed by atoms with E-state index >= 15 is 0 Å². The fraction of sp³-hybridized carbons (Fsp3) is 0.550. The van der Waals surface area contributed by atoms with E-state index in [0.717, 1.165) is 66.8 Å². The molecule has 0 bridgehead atoms. The highest BCUT2D eigenvalue weighted by atomic mass is 32.1. The van der Waals surface area contributed by atoms with E-state index in [9.17, 15) is 5.11 Å². The van der Waals surface area contributed by atoms with Gasteiger partial charge in [0.05, 0.1) is 12.3 Å². The number of likely N-dealkylation sites (tertiary alicyclic amines) is 1. The van der Waals surface area contributed by atoms with Gasteiger partial charge in [-0.05, 0) is 63.5 Å². The summed E-state index contributed by atoms with van der Waals surface area (Å²) in [5, 5.41) is 16.0. The Morgan fingerprint density at radius 2 is 2.19 bits per heavy atom. The lowest BCUT2D eigenvalue weighted by Gasteiger charge is -2.22. The summed E-state index contributed by atoms with van der Waals surface area (Å²) in [6.45, 7) is 4.62. The molecule has 3 heterocycles. The van der Waals surface area contributed by atoms with E-state index in [-0.39, 0.29) is 0 Å². The maximum Gasteiger partial charge on any atom is 0.231 e. The van der Waals surface area contributed by atoms with E-state index in [2.05, 4.69) is 15.6 Å². The van der Waals surface area contributed by atoms with Gasteiger partial charge in [0, 0.05) is 23.5 Å². The molecule has 1 atom stereocenters. The maximum absolute atomic E-state index is 9.36. The van der Waals surface area contributed by atoms with Crippen molar-refractivity contribution in [1.82, 2.24) is 15.2 Å². The Morgan fingerprint density at radius 3 is 3.11 bits per heavy atom. The smallest absolute Gasteiger partial charge is 0.231 e. The van der Waals surface area contributed by atoms with E-state index in [1.165, 1.54) is 12.8 Å². The van der Waals surface area contributed by atoms with Gasteiger partial charge in [0.15, 0.2) is 11.5 Å². The molecule has 1 fully saturated rings. The van der Waals surface area contributed by atoms with Gasteiger partial charge in [-0.25, -0.2) is 4.98 Å². The lowest BCUT2D eigenvalue weighted by molar-refractivity contribution is 0.157. The number of rotatable bonds is 9. The number of aromatic nitrogens is 1. The standard InChI is InChI=1S/C20H27N3O3S/c24-12-17-4-3-9-23(17)8-2-1-7-21-11-16-13-27-20(22-16)15-5-6-18-19(10-15)26-14-25-18/h5-6,10,13,17,21,24H,1-4,7-9,11-12,14H2. The zero-order valence-corrected chi connectivity index (χ0v) is 16.3. The van der Waals surface area contributed by atoms with Crippen LogP contribution in [-0.4, -0.2) is 54.1 Å². The molecule has 1 saturated heterocycles. The fourth-order valence-corrected chi connectivity index (χ4v) is 4.54. The number of aliphatic hydroxyl groups excluding tert-OH is 1. The monoisotopic (exact) mass is 389 g/mol. The Labute approximate surface area is 164 Å². The van der Waals surface area contributed by atoms with E-state index in [1.807, 2.05) is 18.2 Å². The van der Waals surface area contributed by atoms with Crippen molar-refractivity contribution in [1.29, 1.82) is 0 Å². The Kier molecular flexibility index (Phi) is 6.24. The lowest BCUT2D eigenvalue weighted by Crippen LogP contribution is -2.33. The molecule has 0 radical (unpaired) electrons. The van der Waals surface area contributed by atoms with Gasteiger partial charge < -0.3 is 19.9 Å². The van der Waals surface area contributed by atoms with E-state index in [1.54, 1.807) is 11.3 Å². The minimum Gasteiger partial charge on any atom is -0.454 e. The first-order valence-electron chi connectivity index (χ1n) is 9.73. The van der Waals surface area contributed by atoms with E-state index in [4.69, 9.17) is 14.5 Å². The highest BCUT2D eigenvalue weighted by molar-refractivity contribution is 7.13. The second kappa shape index (κ2) is 9.01. The molecule has 2 N–H and O–H groups in total. The van der Waals surface area contributed by atoms with Gasteiger partial charge in [0.1, 0.15) is 5.01 Å². The molecular formula is C20H27N3O3S. The summed E-state index contributed by atoms with van der Waals surface area (Å²) in [4.78, 5) is 7.16. The first kappa shape index (κ1) is 18.7. The summed E-state index contributed by atoms with van der Waals surface area (Å²) < 4.78 is 10.8. The Balaban J connectivity index is 1.18. The highest BCUT2D eigenvalue weighted by Gasteiger charge is 2.22. The van der Waals surface area contributed by atoms with Gasteiger partial charge in [-0.3, -0.25) is 4.90 Å². The van der Waals surface area contributed by atoms with Crippen LogP contribution < -0.4 is 14.8 Å². The van der Waals surface area contributed by atoms with Gasteiger partial charge in [0.2, 0.25) is 6.79 Å². The zero-order chi connectivity index (χ0) is 18.5. The number of thiazole rings is 1. The number of benzene rings is 1. The average Bonchev–Trinajstić information content (AvgIpc) is 3.44. The van der Waals surface area contributed by atoms with Crippen LogP contribution in [0.15, 0.2) is 23.6 Å². The van der Waals surface area contributed by atoms with Crippen LogP contribution in [0.1, 0.15) is 31.4 Å². The molecule has 7 heteroatoms. The van der Waals surface area contributed by atoms with Crippen LogP contribution >= 0.6 is 11.3 Å². The number of nitrogens with zero attached hydrogens (tertiary/aromatic N) is 2. The van der Waals surface area contributed by atoms with Crippen LogP contribution in [0.2, 0.25) is 0 Å². The SMILES string of the molecule is OCC1CCCN1CCCCNCc1csc(-c2ccc3c(c2)OCO3)n1. The number of nitrogens with one attached hydrogen (secondary N) is 1. The summed E-state index contributed by atoms with van der Waals surface area (Å²) in [7, 11) is 0. The van der Waals surface area contributed by atoms with Crippen molar-refractivity contribution in [3.8, 4) is 22.1 Å². The van der Waals surface area contributed by atoms with Crippen LogP contribution in [0.3, 0.4) is 0 Å². The minimum atomic E-state index is 0.296. The molecule has 4 rings (SSSR count). The molecule has 0 saturated carbocycles. The Bertz CT molecular complexity index is 752. The molecule has 6 nitrogen and oxygen atoms in total. The highest BCUT2D eigenvalue weighted by Crippen LogP contribution is 2.36. The molecule has 0 aliphatic carbocycles. The second-order valence-electron chi connectivity index (χ2n) is 7.11. The van der Waals surface area contributed by atoms with Gasteiger partial charge in [-0.1, -0.05) is 0 Å². The van der Waals surface area contributed by atoms with Crippen LogP contribution in [-0.2, 0) is 6.54 Å². The van der Waals surface area contributed by atoms with E-state index < -0.39 is 0 Å². The third-order valence-corrected chi connectivity index (χ3v) is 6.18. The van der Waals surface area contributed by atoms with Crippen LogP contribution in [0, 0.1) is 0 Å². The Morgan fingerprint density at radius 1 is 1.26 bits per heavy atom. The van der Waals surface area contributed by atoms with Gasteiger partial charge >= 0.3 is 0 Å². The van der Waals surface area contributed by atoms with Crippen molar-refractivity contribution in [2.75, 3.05) is 33.0 Å².